The third-order valence-corrected chi connectivity index (χ3v) is 2.30. The summed E-state index contributed by atoms with van der Waals surface area (Å²) in [6.07, 6.45) is 2.86. The first-order valence-corrected chi connectivity index (χ1v) is 5.07. The van der Waals surface area contributed by atoms with Crippen LogP contribution in [0.5, 0.6) is 5.75 Å². The molecule has 0 aliphatic heterocycles. The summed E-state index contributed by atoms with van der Waals surface area (Å²) in [5, 5.41) is 12.0. The highest BCUT2D eigenvalue weighted by molar-refractivity contribution is 6.07. The van der Waals surface area contributed by atoms with Crippen LogP contribution in [0.3, 0.4) is 0 Å². The molecule has 0 saturated heterocycles. The molecule has 5 nitrogen and oxygen atoms in total. The number of anilines is 2. The third kappa shape index (κ3) is 2.37. The van der Waals surface area contributed by atoms with E-state index in [0.717, 1.165) is 12.1 Å². The number of rotatable bonds is 2. The van der Waals surface area contributed by atoms with Crippen LogP contribution in [-0.2, 0) is 0 Å². The van der Waals surface area contributed by atoms with Crippen LogP contribution in [0.4, 0.5) is 15.8 Å². The molecule has 1 heterocycles. The van der Waals surface area contributed by atoms with Crippen molar-refractivity contribution in [3.8, 4) is 5.75 Å². The van der Waals surface area contributed by atoms with Gasteiger partial charge in [0.15, 0.2) is 0 Å². The number of halogens is 1. The quantitative estimate of drug-likeness (QED) is 0.754. The normalized spacial score (nSPS) is 10.1. The second-order valence-corrected chi connectivity index (χ2v) is 3.58. The zero-order chi connectivity index (χ0) is 13.1. The average Bonchev–Trinajstić information content (AvgIpc) is 2.32. The van der Waals surface area contributed by atoms with E-state index in [1.54, 1.807) is 0 Å². The molecule has 1 aromatic carbocycles. The minimum atomic E-state index is -0.618. The Bertz CT molecular complexity index is 602. The van der Waals surface area contributed by atoms with Gasteiger partial charge in [0, 0.05) is 12.3 Å². The predicted molar refractivity (Wildman–Crippen MR) is 64.7 cm³/mol. The number of carbonyl (C=O) groups is 1. The summed E-state index contributed by atoms with van der Waals surface area (Å²) >= 11 is 0. The van der Waals surface area contributed by atoms with Gasteiger partial charge < -0.3 is 16.2 Å². The Balaban J connectivity index is 2.25. The van der Waals surface area contributed by atoms with Gasteiger partial charge in [-0.2, -0.15) is 0 Å². The third-order valence-electron chi connectivity index (χ3n) is 2.30. The summed E-state index contributed by atoms with van der Waals surface area (Å²) < 4.78 is 12.8. The molecular formula is C12H10FN3O2. The van der Waals surface area contributed by atoms with Gasteiger partial charge in [-0.25, -0.2) is 4.39 Å². The molecule has 0 radical (unpaired) electrons. The van der Waals surface area contributed by atoms with E-state index in [1.807, 2.05) is 0 Å². The van der Waals surface area contributed by atoms with Crippen molar-refractivity contribution in [3.05, 3.63) is 48.0 Å². The Labute approximate surface area is 102 Å². The van der Waals surface area contributed by atoms with E-state index in [2.05, 4.69) is 10.3 Å². The monoisotopic (exact) mass is 247 g/mol. The number of hydrogen-bond donors (Lipinski definition) is 3. The van der Waals surface area contributed by atoms with Crippen LogP contribution in [0, 0.1) is 5.82 Å². The number of pyridine rings is 1. The molecule has 6 heteroatoms. The van der Waals surface area contributed by atoms with Crippen LogP contribution in [-0.4, -0.2) is 16.0 Å². The number of nitrogen functional groups attached to an aromatic ring is 1. The van der Waals surface area contributed by atoms with E-state index in [1.165, 1.54) is 24.5 Å². The highest BCUT2D eigenvalue weighted by Gasteiger charge is 2.12. The molecule has 0 fully saturated rings. The van der Waals surface area contributed by atoms with Crippen molar-refractivity contribution in [1.82, 2.24) is 4.98 Å². The van der Waals surface area contributed by atoms with Gasteiger partial charge >= 0.3 is 0 Å². The zero-order valence-corrected chi connectivity index (χ0v) is 9.22. The number of phenolic OH excluding ortho intramolecular Hbond substituents is 1. The Morgan fingerprint density at radius 1 is 1.39 bits per heavy atom. The molecule has 0 saturated carbocycles. The summed E-state index contributed by atoms with van der Waals surface area (Å²) in [7, 11) is 0. The van der Waals surface area contributed by atoms with E-state index >= 15 is 0 Å². The van der Waals surface area contributed by atoms with Gasteiger partial charge in [0.05, 0.1) is 23.1 Å². The molecule has 2 aromatic rings. The maximum Gasteiger partial charge on any atom is 0.259 e. The van der Waals surface area contributed by atoms with Gasteiger partial charge in [-0.3, -0.25) is 9.78 Å². The van der Waals surface area contributed by atoms with Crippen LogP contribution in [0.1, 0.15) is 10.4 Å². The fourth-order valence-corrected chi connectivity index (χ4v) is 1.41. The van der Waals surface area contributed by atoms with Crippen LogP contribution in [0.25, 0.3) is 0 Å². The minimum absolute atomic E-state index is 0.0346. The topological polar surface area (TPSA) is 88.2 Å². The van der Waals surface area contributed by atoms with E-state index in [-0.39, 0.29) is 5.56 Å². The largest absolute Gasteiger partial charge is 0.507 e. The van der Waals surface area contributed by atoms with Crippen molar-refractivity contribution in [2.24, 2.45) is 0 Å². The number of aromatic hydroxyl groups is 1. The second-order valence-electron chi connectivity index (χ2n) is 3.58. The van der Waals surface area contributed by atoms with Gasteiger partial charge in [0.25, 0.3) is 5.91 Å². The van der Waals surface area contributed by atoms with Crippen molar-refractivity contribution in [2.75, 3.05) is 11.1 Å². The fourth-order valence-electron chi connectivity index (χ4n) is 1.41. The van der Waals surface area contributed by atoms with Gasteiger partial charge in [0.1, 0.15) is 11.6 Å². The molecule has 18 heavy (non-hydrogen) atoms. The number of aromatic nitrogens is 1. The van der Waals surface area contributed by atoms with Gasteiger partial charge in [-0.1, -0.05) is 0 Å². The van der Waals surface area contributed by atoms with Gasteiger partial charge in [0.2, 0.25) is 0 Å². The second kappa shape index (κ2) is 4.70. The number of carbonyl (C=O) groups excluding carboxylic acids is 1. The van der Waals surface area contributed by atoms with Crippen LogP contribution in [0.2, 0.25) is 0 Å². The summed E-state index contributed by atoms with van der Waals surface area (Å²) in [4.78, 5) is 15.6. The highest BCUT2D eigenvalue weighted by Crippen LogP contribution is 2.21. The van der Waals surface area contributed by atoms with Crippen molar-refractivity contribution >= 4 is 17.3 Å². The number of phenols is 1. The van der Waals surface area contributed by atoms with E-state index in [0.29, 0.717) is 11.4 Å². The molecule has 1 aromatic heterocycles. The van der Waals surface area contributed by atoms with E-state index in [9.17, 15) is 14.3 Å². The van der Waals surface area contributed by atoms with Crippen molar-refractivity contribution in [1.29, 1.82) is 0 Å². The lowest BCUT2D eigenvalue weighted by atomic mass is 10.2. The number of nitrogens with zero attached hydrogens (tertiary/aromatic N) is 1. The molecule has 2 rings (SSSR count). The summed E-state index contributed by atoms with van der Waals surface area (Å²) in [6.45, 7) is 0. The van der Waals surface area contributed by atoms with Crippen LogP contribution >= 0.6 is 0 Å². The lowest BCUT2D eigenvalue weighted by Crippen LogP contribution is -2.13. The number of nitrogens with one attached hydrogen (secondary N) is 1. The molecule has 4 N–H and O–H groups in total. The molecule has 0 aliphatic rings. The van der Waals surface area contributed by atoms with Crippen LogP contribution in [0.15, 0.2) is 36.7 Å². The van der Waals surface area contributed by atoms with E-state index < -0.39 is 17.5 Å². The molecule has 0 atom stereocenters. The first kappa shape index (κ1) is 11.8. The molecule has 1 amide bonds. The maximum atomic E-state index is 12.8. The molecule has 92 valence electrons. The number of amides is 1. The Morgan fingerprint density at radius 3 is 2.83 bits per heavy atom. The Morgan fingerprint density at radius 2 is 2.17 bits per heavy atom. The smallest absolute Gasteiger partial charge is 0.259 e. The lowest BCUT2D eigenvalue weighted by Gasteiger charge is -2.08. The van der Waals surface area contributed by atoms with Crippen LogP contribution < -0.4 is 11.1 Å². The summed E-state index contributed by atoms with van der Waals surface area (Å²) in [6, 6.07) is 4.67. The van der Waals surface area contributed by atoms with Crippen molar-refractivity contribution < 1.29 is 14.3 Å². The lowest BCUT2D eigenvalue weighted by molar-refractivity contribution is 0.102. The van der Waals surface area contributed by atoms with E-state index in [4.69, 9.17) is 5.73 Å². The number of nitrogens with two attached hydrogens (primary N) is 1. The number of hydrogen-bond acceptors (Lipinski definition) is 4. The molecule has 0 unspecified atom stereocenters. The van der Waals surface area contributed by atoms with Crippen molar-refractivity contribution in [3.63, 3.8) is 0 Å². The fraction of sp³-hybridized carbons (Fsp3) is 0. The maximum absolute atomic E-state index is 12.8. The predicted octanol–water partition coefficient (Wildman–Crippen LogP) is 1.76. The van der Waals surface area contributed by atoms with Gasteiger partial charge in [-0.05, 0) is 18.2 Å². The summed E-state index contributed by atoms with van der Waals surface area (Å²) in [5.41, 5.74) is 6.25. The summed E-state index contributed by atoms with van der Waals surface area (Å²) in [5.74, 6) is -1.63. The zero-order valence-electron chi connectivity index (χ0n) is 9.22. The SMILES string of the molecule is Nc1cnccc1NC(=O)c1ccc(F)cc1O. The van der Waals surface area contributed by atoms with Gasteiger partial charge in [-0.15, -0.1) is 0 Å². The molecule has 0 spiro atoms. The Hall–Kier alpha value is -2.63. The average molecular weight is 247 g/mol. The highest BCUT2D eigenvalue weighted by atomic mass is 19.1. The standard InChI is InChI=1S/C12H10FN3O2/c13-7-1-2-8(11(17)5-7)12(18)16-10-3-4-15-6-9(10)14/h1-6,17H,14H2,(H,15,16,18). The molecular weight excluding hydrogens is 237 g/mol. The molecule has 0 bridgehead atoms. The number of benzene rings is 1. The first-order chi connectivity index (χ1) is 8.58. The molecule has 0 aliphatic carbocycles. The first-order valence-electron chi connectivity index (χ1n) is 5.07. The minimum Gasteiger partial charge on any atom is -0.507 e. The van der Waals surface area contributed by atoms with Crippen molar-refractivity contribution in [2.45, 2.75) is 0 Å². The Kier molecular flexibility index (Phi) is 3.09.